The van der Waals surface area contributed by atoms with Crippen molar-refractivity contribution in [1.82, 2.24) is 4.90 Å². The number of hydrogen-bond acceptors (Lipinski definition) is 2. The van der Waals surface area contributed by atoms with Gasteiger partial charge in [0, 0.05) is 10.9 Å². The fraction of sp³-hybridized carbons (Fsp3) is 0.176. The van der Waals surface area contributed by atoms with Gasteiger partial charge in [-0.3, -0.25) is 14.5 Å². The predicted octanol–water partition coefficient (Wildman–Crippen LogP) is 3.49. The number of halogens is 1. The minimum absolute atomic E-state index is 0.100. The normalized spacial score (nSPS) is 18.3. The van der Waals surface area contributed by atoms with Gasteiger partial charge in [0.25, 0.3) is 0 Å². The SMILES string of the molecule is O=C1CC(c2ccccc2)C(=O)N1Cc1ccc(Br)cc1. The molecule has 0 radical (unpaired) electrons. The van der Waals surface area contributed by atoms with Gasteiger partial charge in [-0.1, -0.05) is 58.4 Å². The first-order valence-electron chi connectivity index (χ1n) is 6.79. The van der Waals surface area contributed by atoms with E-state index in [1.54, 1.807) is 0 Å². The van der Waals surface area contributed by atoms with Crippen LogP contribution in [0.2, 0.25) is 0 Å². The second-order valence-corrected chi connectivity index (χ2v) is 6.03. The lowest BCUT2D eigenvalue weighted by atomic mass is 9.98. The van der Waals surface area contributed by atoms with Gasteiger partial charge in [0.1, 0.15) is 0 Å². The van der Waals surface area contributed by atoms with Crippen LogP contribution >= 0.6 is 15.9 Å². The number of amides is 2. The summed E-state index contributed by atoms with van der Waals surface area (Å²) < 4.78 is 0.979. The molecule has 1 saturated heterocycles. The van der Waals surface area contributed by atoms with Gasteiger partial charge < -0.3 is 0 Å². The van der Waals surface area contributed by atoms with E-state index >= 15 is 0 Å². The summed E-state index contributed by atoms with van der Waals surface area (Å²) in [5.74, 6) is -0.542. The van der Waals surface area contributed by atoms with Crippen molar-refractivity contribution in [3.8, 4) is 0 Å². The smallest absolute Gasteiger partial charge is 0.237 e. The molecule has 2 aromatic rings. The monoisotopic (exact) mass is 343 g/mol. The number of likely N-dealkylation sites (tertiary alicyclic amines) is 1. The molecule has 1 fully saturated rings. The Labute approximate surface area is 131 Å². The van der Waals surface area contributed by atoms with E-state index in [1.165, 1.54) is 4.90 Å². The molecule has 21 heavy (non-hydrogen) atoms. The Bertz CT molecular complexity index is 667. The first kappa shape index (κ1) is 14.0. The van der Waals surface area contributed by atoms with E-state index in [0.29, 0.717) is 6.54 Å². The summed E-state index contributed by atoms with van der Waals surface area (Å²) in [6.07, 6.45) is 0.263. The number of carbonyl (C=O) groups is 2. The minimum Gasteiger partial charge on any atom is -0.278 e. The van der Waals surface area contributed by atoms with Crippen molar-refractivity contribution < 1.29 is 9.59 Å². The first-order chi connectivity index (χ1) is 10.1. The van der Waals surface area contributed by atoms with Crippen LogP contribution in [0.4, 0.5) is 0 Å². The molecular formula is C17H14BrNO2. The third-order valence-corrected chi connectivity index (χ3v) is 4.23. The predicted molar refractivity (Wildman–Crippen MR) is 83.5 cm³/mol. The second-order valence-electron chi connectivity index (χ2n) is 5.11. The molecule has 0 saturated carbocycles. The fourth-order valence-electron chi connectivity index (χ4n) is 2.57. The summed E-state index contributed by atoms with van der Waals surface area (Å²) in [4.78, 5) is 26.0. The molecule has 0 N–H and O–H groups in total. The highest BCUT2D eigenvalue weighted by molar-refractivity contribution is 9.10. The summed E-state index contributed by atoms with van der Waals surface area (Å²) >= 11 is 3.37. The van der Waals surface area contributed by atoms with E-state index in [4.69, 9.17) is 0 Å². The first-order valence-corrected chi connectivity index (χ1v) is 7.58. The van der Waals surface area contributed by atoms with Crippen LogP contribution in [0.5, 0.6) is 0 Å². The van der Waals surface area contributed by atoms with E-state index in [1.807, 2.05) is 54.6 Å². The Balaban J connectivity index is 1.79. The van der Waals surface area contributed by atoms with Gasteiger partial charge in [-0.25, -0.2) is 0 Å². The molecule has 1 heterocycles. The van der Waals surface area contributed by atoms with Crippen LogP contribution in [-0.2, 0) is 16.1 Å². The summed E-state index contributed by atoms with van der Waals surface area (Å²) in [5.41, 5.74) is 1.86. The molecule has 2 aromatic carbocycles. The molecule has 0 aromatic heterocycles. The lowest BCUT2D eigenvalue weighted by molar-refractivity contribution is -0.139. The Kier molecular flexibility index (Phi) is 3.88. The number of carbonyl (C=O) groups excluding carboxylic acids is 2. The van der Waals surface area contributed by atoms with Crippen LogP contribution in [-0.4, -0.2) is 16.7 Å². The van der Waals surface area contributed by atoms with Crippen LogP contribution in [0.3, 0.4) is 0 Å². The Morgan fingerprint density at radius 2 is 1.67 bits per heavy atom. The van der Waals surface area contributed by atoms with E-state index in [2.05, 4.69) is 15.9 Å². The van der Waals surface area contributed by atoms with E-state index in [0.717, 1.165) is 15.6 Å². The standard InChI is InChI=1S/C17H14BrNO2/c18-14-8-6-12(7-9-14)11-19-16(20)10-15(17(19)21)13-4-2-1-3-5-13/h1-9,15H,10-11H2. The topological polar surface area (TPSA) is 37.4 Å². The van der Waals surface area contributed by atoms with Gasteiger partial charge in [-0.2, -0.15) is 0 Å². The maximum absolute atomic E-state index is 12.5. The maximum atomic E-state index is 12.5. The van der Waals surface area contributed by atoms with Crippen LogP contribution in [0.25, 0.3) is 0 Å². The zero-order valence-electron chi connectivity index (χ0n) is 11.3. The number of nitrogens with zero attached hydrogens (tertiary/aromatic N) is 1. The minimum atomic E-state index is -0.339. The molecule has 0 spiro atoms. The highest BCUT2D eigenvalue weighted by Gasteiger charge is 2.39. The fourth-order valence-corrected chi connectivity index (χ4v) is 2.83. The Hall–Kier alpha value is -1.94. The van der Waals surface area contributed by atoms with Gasteiger partial charge in [-0.15, -0.1) is 0 Å². The van der Waals surface area contributed by atoms with Gasteiger partial charge in [0.15, 0.2) is 0 Å². The average Bonchev–Trinajstić information content (AvgIpc) is 2.78. The lowest BCUT2D eigenvalue weighted by Crippen LogP contribution is -2.29. The molecule has 3 nitrogen and oxygen atoms in total. The van der Waals surface area contributed by atoms with Crippen molar-refractivity contribution in [2.24, 2.45) is 0 Å². The van der Waals surface area contributed by atoms with E-state index < -0.39 is 0 Å². The van der Waals surface area contributed by atoms with Crippen LogP contribution in [0.1, 0.15) is 23.5 Å². The van der Waals surface area contributed by atoms with Crippen molar-refractivity contribution in [3.05, 3.63) is 70.2 Å². The Morgan fingerprint density at radius 1 is 1.00 bits per heavy atom. The Morgan fingerprint density at radius 3 is 2.33 bits per heavy atom. The van der Waals surface area contributed by atoms with Crippen molar-refractivity contribution in [2.45, 2.75) is 18.9 Å². The molecule has 1 aliphatic rings. The van der Waals surface area contributed by atoms with Crippen molar-refractivity contribution in [2.75, 3.05) is 0 Å². The van der Waals surface area contributed by atoms with Crippen molar-refractivity contribution in [1.29, 1.82) is 0 Å². The number of hydrogen-bond donors (Lipinski definition) is 0. The second kappa shape index (κ2) is 5.82. The molecular weight excluding hydrogens is 330 g/mol. The highest BCUT2D eigenvalue weighted by atomic mass is 79.9. The molecule has 4 heteroatoms. The zero-order chi connectivity index (χ0) is 14.8. The van der Waals surface area contributed by atoms with Crippen molar-refractivity contribution in [3.63, 3.8) is 0 Å². The van der Waals surface area contributed by atoms with Gasteiger partial charge in [0.2, 0.25) is 11.8 Å². The van der Waals surface area contributed by atoms with Crippen LogP contribution in [0.15, 0.2) is 59.1 Å². The number of benzene rings is 2. The summed E-state index contributed by atoms with van der Waals surface area (Å²) in [6.45, 7) is 0.342. The van der Waals surface area contributed by atoms with Crippen LogP contribution < -0.4 is 0 Å². The molecule has 0 aliphatic carbocycles. The molecule has 2 amide bonds. The van der Waals surface area contributed by atoms with E-state index in [-0.39, 0.29) is 24.2 Å². The number of rotatable bonds is 3. The van der Waals surface area contributed by atoms with Gasteiger partial charge in [0.05, 0.1) is 12.5 Å². The molecule has 1 aliphatic heterocycles. The van der Waals surface area contributed by atoms with Gasteiger partial charge >= 0.3 is 0 Å². The molecule has 3 rings (SSSR count). The summed E-state index contributed by atoms with van der Waals surface area (Å²) in [6, 6.07) is 17.2. The molecule has 106 valence electrons. The van der Waals surface area contributed by atoms with Crippen molar-refractivity contribution >= 4 is 27.7 Å². The average molecular weight is 344 g/mol. The van der Waals surface area contributed by atoms with Crippen LogP contribution in [0, 0.1) is 0 Å². The molecule has 0 bridgehead atoms. The third-order valence-electron chi connectivity index (χ3n) is 3.70. The van der Waals surface area contributed by atoms with E-state index in [9.17, 15) is 9.59 Å². The molecule has 1 atom stereocenters. The lowest BCUT2D eigenvalue weighted by Gasteiger charge is -2.15. The summed E-state index contributed by atoms with van der Waals surface area (Å²) in [5, 5.41) is 0. The highest BCUT2D eigenvalue weighted by Crippen LogP contribution is 2.30. The number of imide groups is 1. The van der Waals surface area contributed by atoms with Gasteiger partial charge in [-0.05, 0) is 23.3 Å². The zero-order valence-corrected chi connectivity index (χ0v) is 12.9. The quantitative estimate of drug-likeness (QED) is 0.800. The maximum Gasteiger partial charge on any atom is 0.237 e. The third kappa shape index (κ3) is 2.90. The largest absolute Gasteiger partial charge is 0.278 e. The molecule has 1 unspecified atom stereocenters. The summed E-state index contributed by atoms with van der Waals surface area (Å²) in [7, 11) is 0.